The molecular formula is C17H20ClNO. The van der Waals surface area contributed by atoms with Crippen LogP contribution in [0.5, 0.6) is 5.75 Å². The Morgan fingerprint density at radius 1 is 1.20 bits per heavy atom. The van der Waals surface area contributed by atoms with Crippen molar-refractivity contribution in [3.8, 4) is 16.9 Å². The molecule has 0 heterocycles. The summed E-state index contributed by atoms with van der Waals surface area (Å²) in [4.78, 5) is 0. The Hall–Kier alpha value is -1.51. The van der Waals surface area contributed by atoms with Crippen molar-refractivity contribution in [2.24, 2.45) is 5.73 Å². The number of hydrogen-bond donors (Lipinski definition) is 1. The van der Waals surface area contributed by atoms with E-state index in [1.165, 1.54) is 0 Å². The lowest BCUT2D eigenvalue weighted by molar-refractivity contribution is 0.318. The van der Waals surface area contributed by atoms with Gasteiger partial charge in [0.25, 0.3) is 0 Å². The molecule has 0 bridgehead atoms. The van der Waals surface area contributed by atoms with Crippen molar-refractivity contribution >= 4 is 11.6 Å². The summed E-state index contributed by atoms with van der Waals surface area (Å²) in [6, 6.07) is 13.9. The Kier molecular flexibility index (Phi) is 5.05. The minimum absolute atomic E-state index is 0.0665. The van der Waals surface area contributed by atoms with Crippen LogP contribution >= 0.6 is 11.6 Å². The average Bonchev–Trinajstić information content (AvgIpc) is 2.45. The van der Waals surface area contributed by atoms with Crippen LogP contribution in [0.1, 0.15) is 31.9 Å². The summed E-state index contributed by atoms with van der Waals surface area (Å²) < 4.78 is 5.79. The Balaban J connectivity index is 2.39. The van der Waals surface area contributed by atoms with E-state index >= 15 is 0 Å². The van der Waals surface area contributed by atoms with Gasteiger partial charge < -0.3 is 10.5 Å². The molecule has 3 heteroatoms. The van der Waals surface area contributed by atoms with Gasteiger partial charge in [-0.1, -0.05) is 48.9 Å². The fraction of sp³-hybridized carbons (Fsp3) is 0.294. The van der Waals surface area contributed by atoms with Crippen LogP contribution in [0.3, 0.4) is 0 Å². The number of halogens is 1. The van der Waals surface area contributed by atoms with Crippen LogP contribution in [0.15, 0.2) is 42.5 Å². The molecule has 1 atom stereocenters. The summed E-state index contributed by atoms with van der Waals surface area (Å²) in [6.45, 7) is 4.73. The lowest BCUT2D eigenvalue weighted by Crippen LogP contribution is -2.05. The first-order valence-corrected chi connectivity index (χ1v) is 7.28. The van der Waals surface area contributed by atoms with Gasteiger partial charge >= 0.3 is 0 Å². The second-order valence-electron chi connectivity index (χ2n) is 4.87. The molecule has 0 aliphatic rings. The highest BCUT2D eigenvalue weighted by Crippen LogP contribution is 2.33. The molecule has 0 aromatic heterocycles. The summed E-state index contributed by atoms with van der Waals surface area (Å²) >= 11 is 6.31. The molecule has 0 aliphatic heterocycles. The van der Waals surface area contributed by atoms with Crippen LogP contribution in [0, 0.1) is 0 Å². The molecule has 0 saturated heterocycles. The summed E-state index contributed by atoms with van der Waals surface area (Å²) in [5.74, 6) is 0.888. The first kappa shape index (κ1) is 14.9. The Morgan fingerprint density at radius 3 is 2.60 bits per heavy atom. The normalized spacial score (nSPS) is 12.2. The van der Waals surface area contributed by atoms with E-state index in [1.807, 2.05) is 49.4 Å². The second kappa shape index (κ2) is 6.78. The Morgan fingerprint density at radius 2 is 1.95 bits per heavy atom. The van der Waals surface area contributed by atoms with Gasteiger partial charge in [-0.3, -0.25) is 0 Å². The Labute approximate surface area is 125 Å². The fourth-order valence-electron chi connectivity index (χ4n) is 2.11. The third-order valence-corrected chi connectivity index (χ3v) is 3.48. The van der Waals surface area contributed by atoms with Gasteiger partial charge in [0, 0.05) is 16.6 Å². The zero-order chi connectivity index (χ0) is 14.5. The summed E-state index contributed by atoms with van der Waals surface area (Å²) in [5.41, 5.74) is 8.95. The van der Waals surface area contributed by atoms with E-state index in [2.05, 4.69) is 6.92 Å². The van der Waals surface area contributed by atoms with E-state index in [0.717, 1.165) is 28.9 Å². The summed E-state index contributed by atoms with van der Waals surface area (Å²) in [5, 5.41) is 0.697. The maximum Gasteiger partial charge on any atom is 0.127 e. The molecule has 2 aromatic carbocycles. The number of nitrogens with two attached hydrogens (primary N) is 1. The zero-order valence-corrected chi connectivity index (χ0v) is 12.7. The van der Waals surface area contributed by atoms with E-state index in [1.54, 1.807) is 0 Å². The molecular weight excluding hydrogens is 270 g/mol. The van der Waals surface area contributed by atoms with Gasteiger partial charge in [0.15, 0.2) is 0 Å². The van der Waals surface area contributed by atoms with Gasteiger partial charge in [0.1, 0.15) is 5.75 Å². The van der Waals surface area contributed by atoms with E-state index in [9.17, 15) is 0 Å². The average molecular weight is 290 g/mol. The third-order valence-electron chi connectivity index (χ3n) is 3.15. The molecule has 2 nitrogen and oxygen atoms in total. The molecule has 20 heavy (non-hydrogen) atoms. The van der Waals surface area contributed by atoms with Crippen LogP contribution in [-0.2, 0) is 0 Å². The molecule has 106 valence electrons. The highest BCUT2D eigenvalue weighted by Gasteiger charge is 2.10. The zero-order valence-electron chi connectivity index (χ0n) is 11.9. The van der Waals surface area contributed by atoms with E-state index < -0.39 is 0 Å². The van der Waals surface area contributed by atoms with Crippen molar-refractivity contribution < 1.29 is 4.74 Å². The summed E-state index contributed by atoms with van der Waals surface area (Å²) in [7, 11) is 0. The minimum Gasteiger partial charge on any atom is -0.493 e. The predicted octanol–water partition coefficient (Wildman–Crippen LogP) is 4.82. The van der Waals surface area contributed by atoms with Crippen molar-refractivity contribution in [1.29, 1.82) is 0 Å². The van der Waals surface area contributed by atoms with Gasteiger partial charge in [-0.05, 0) is 36.6 Å². The van der Waals surface area contributed by atoms with Crippen LogP contribution < -0.4 is 10.5 Å². The smallest absolute Gasteiger partial charge is 0.127 e. The van der Waals surface area contributed by atoms with Crippen molar-refractivity contribution in [3.63, 3.8) is 0 Å². The first-order chi connectivity index (χ1) is 9.63. The lowest BCUT2D eigenvalue weighted by Gasteiger charge is -2.13. The van der Waals surface area contributed by atoms with Gasteiger partial charge in [-0.2, -0.15) is 0 Å². The highest BCUT2D eigenvalue weighted by atomic mass is 35.5. The second-order valence-corrected chi connectivity index (χ2v) is 5.28. The van der Waals surface area contributed by atoms with Crippen molar-refractivity contribution in [1.82, 2.24) is 0 Å². The largest absolute Gasteiger partial charge is 0.493 e. The first-order valence-electron chi connectivity index (χ1n) is 6.90. The number of benzene rings is 2. The van der Waals surface area contributed by atoms with E-state index in [4.69, 9.17) is 22.1 Å². The van der Waals surface area contributed by atoms with Crippen molar-refractivity contribution in [2.45, 2.75) is 26.3 Å². The van der Waals surface area contributed by atoms with E-state index in [-0.39, 0.29) is 6.04 Å². The highest BCUT2D eigenvalue weighted by molar-refractivity contribution is 6.31. The molecule has 0 spiro atoms. The number of rotatable bonds is 5. The van der Waals surface area contributed by atoms with Gasteiger partial charge in [0.05, 0.1) is 6.61 Å². The molecule has 2 rings (SSSR count). The topological polar surface area (TPSA) is 35.2 Å². The SMILES string of the molecule is CCCOc1ccccc1-c1ccc(C(C)N)c(Cl)c1. The Bertz CT molecular complexity index is 581. The fourth-order valence-corrected chi connectivity index (χ4v) is 2.46. The van der Waals surface area contributed by atoms with Crippen LogP contribution in [-0.4, -0.2) is 6.61 Å². The molecule has 0 radical (unpaired) electrons. The number of para-hydroxylation sites is 1. The maximum atomic E-state index is 6.31. The quantitative estimate of drug-likeness (QED) is 0.857. The molecule has 0 fully saturated rings. The lowest BCUT2D eigenvalue weighted by atomic mass is 10.0. The number of ether oxygens (including phenoxy) is 1. The monoisotopic (exact) mass is 289 g/mol. The van der Waals surface area contributed by atoms with Crippen molar-refractivity contribution in [2.75, 3.05) is 6.61 Å². The summed E-state index contributed by atoms with van der Waals surface area (Å²) in [6.07, 6.45) is 0.985. The van der Waals surface area contributed by atoms with Gasteiger partial charge in [0.2, 0.25) is 0 Å². The predicted molar refractivity (Wildman–Crippen MR) is 85.3 cm³/mol. The molecule has 1 unspecified atom stereocenters. The molecule has 2 N–H and O–H groups in total. The minimum atomic E-state index is -0.0665. The van der Waals surface area contributed by atoms with Crippen LogP contribution in [0.2, 0.25) is 5.02 Å². The molecule has 0 amide bonds. The molecule has 0 saturated carbocycles. The molecule has 0 aliphatic carbocycles. The maximum absolute atomic E-state index is 6.31. The van der Waals surface area contributed by atoms with Gasteiger partial charge in [-0.25, -0.2) is 0 Å². The molecule has 2 aromatic rings. The van der Waals surface area contributed by atoms with Crippen molar-refractivity contribution in [3.05, 3.63) is 53.1 Å². The van der Waals surface area contributed by atoms with Crippen LogP contribution in [0.4, 0.5) is 0 Å². The van der Waals surface area contributed by atoms with E-state index in [0.29, 0.717) is 11.6 Å². The van der Waals surface area contributed by atoms with Gasteiger partial charge in [-0.15, -0.1) is 0 Å². The number of hydrogen-bond acceptors (Lipinski definition) is 2. The van der Waals surface area contributed by atoms with Crippen LogP contribution in [0.25, 0.3) is 11.1 Å². The standard InChI is InChI=1S/C17H20ClNO/c1-3-10-20-17-7-5-4-6-15(17)13-8-9-14(12(2)19)16(18)11-13/h4-9,11-12H,3,10,19H2,1-2H3. The third kappa shape index (κ3) is 3.33.